The summed E-state index contributed by atoms with van der Waals surface area (Å²) < 4.78 is 69.8. The van der Waals surface area contributed by atoms with Crippen molar-refractivity contribution in [2.45, 2.75) is 185 Å². The fraction of sp³-hybridized carbons (Fsp3) is 0.507. The van der Waals surface area contributed by atoms with Crippen LogP contribution in [0.3, 0.4) is 0 Å². The molecule has 1 aliphatic carbocycles. The van der Waals surface area contributed by atoms with E-state index in [1.807, 2.05) is 66.7 Å². The summed E-state index contributed by atoms with van der Waals surface area (Å²) in [6, 6.07) is 22.2. The second-order valence-corrected chi connectivity index (χ2v) is 29.7. The number of Topliss-reactive ketones (excluding diaryl/α,β-unsaturated/α-hetero) is 2. The molecule has 528 valence electrons. The summed E-state index contributed by atoms with van der Waals surface area (Å²) in [5.41, 5.74) is 7.83. The highest BCUT2D eigenvalue weighted by Crippen LogP contribution is 2.49. The van der Waals surface area contributed by atoms with Crippen LogP contribution in [-0.2, 0) is 75.8 Å². The number of unbranched alkanes of at least 4 members (excludes halogenated alkanes) is 7. The molecule has 0 saturated heterocycles. The largest absolute Gasteiger partial charge is 0.748 e. The Morgan fingerprint density at radius 2 is 1.33 bits per heavy atom. The molecule has 23 nitrogen and oxygen atoms in total. The predicted octanol–water partition coefficient (Wildman–Crippen LogP) is 10.3. The van der Waals surface area contributed by atoms with Crippen molar-refractivity contribution < 1.29 is 89.0 Å². The average molecular weight is 1400 g/mol. The minimum Gasteiger partial charge on any atom is -0.748 e. The molecular formula is C71H93N5O18S3. The molecule has 0 fully saturated rings. The Labute approximate surface area is 573 Å². The summed E-state index contributed by atoms with van der Waals surface area (Å²) in [5, 5.41) is 36.9. The number of urea groups is 1. The van der Waals surface area contributed by atoms with Crippen molar-refractivity contribution in [3.63, 3.8) is 0 Å². The van der Waals surface area contributed by atoms with Crippen LogP contribution in [0.15, 0.2) is 125 Å². The first-order chi connectivity index (χ1) is 46.0. The van der Waals surface area contributed by atoms with E-state index in [-0.39, 0.29) is 100 Å². The Balaban J connectivity index is 0.00000556. The van der Waals surface area contributed by atoms with E-state index in [0.717, 1.165) is 81.2 Å². The van der Waals surface area contributed by atoms with Crippen LogP contribution in [0, 0.1) is 5.92 Å². The van der Waals surface area contributed by atoms with E-state index < -0.39 is 84.5 Å². The van der Waals surface area contributed by atoms with E-state index in [1.165, 1.54) is 11.8 Å². The third-order valence-corrected chi connectivity index (χ3v) is 20.5. The zero-order valence-corrected chi connectivity index (χ0v) is 58.2. The van der Waals surface area contributed by atoms with Crippen LogP contribution >= 0.6 is 11.8 Å². The van der Waals surface area contributed by atoms with Crippen LogP contribution in [0.2, 0.25) is 0 Å². The minimum absolute atomic E-state index is 0.0174. The topological polar surface area (TPSA) is 368 Å². The van der Waals surface area contributed by atoms with Crippen molar-refractivity contribution in [3.05, 3.63) is 142 Å². The highest BCUT2D eigenvalue weighted by Gasteiger charge is 2.44. The number of benzene rings is 3. The highest BCUT2D eigenvalue weighted by molar-refractivity contribution is 8.03. The van der Waals surface area contributed by atoms with Crippen molar-refractivity contribution >= 4 is 96.6 Å². The fourth-order valence-corrected chi connectivity index (χ4v) is 14.9. The van der Waals surface area contributed by atoms with Gasteiger partial charge in [0.05, 0.1) is 33.2 Å². The molecule has 2 aliphatic heterocycles. The van der Waals surface area contributed by atoms with Gasteiger partial charge in [0.2, 0.25) is 11.6 Å². The number of carboxylic acid groups (broad SMARTS) is 3. The third kappa shape index (κ3) is 26.1. The number of carboxylic acids is 3. The molecule has 7 N–H and O–H groups in total. The van der Waals surface area contributed by atoms with Gasteiger partial charge in [-0.1, -0.05) is 118 Å². The summed E-state index contributed by atoms with van der Waals surface area (Å²) in [5.74, 6) is -6.34. The van der Waals surface area contributed by atoms with Crippen LogP contribution in [0.25, 0.3) is 0 Å². The van der Waals surface area contributed by atoms with Gasteiger partial charge in [0.25, 0.3) is 10.1 Å². The fourth-order valence-electron chi connectivity index (χ4n) is 12.4. The van der Waals surface area contributed by atoms with Gasteiger partial charge < -0.3 is 40.7 Å². The summed E-state index contributed by atoms with van der Waals surface area (Å²) in [6.07, 6.45) is 16.2. The van der Waals surface area contributed by atoms with Crippen molar-refractivity contribution in [1.29, 1.82) is 0 Å². The predicted molar refractivity (Wildman–Crippen MR) is 368 cm³/mol. The monoisotopic (exact) mass is 1400 g/mol. The van der Waals surface area contributed by atoms with E-state index in [0.29, 0.717) is 58.0 Å². The van der Waals surface area contributed by atoms with Gasteiger partial charge in [-0.2, -0.15) is 22.6 Å². The SMILES string of the molecule is CC1(C)C(=CC=C2CCCC(C=CC3=[N+](CCCCS(=O)(=O)O)c4ccccc4C3(C)C)=C2SC[C@@H](CC(=O)[C@H](Cc2ccccc2)NC(=O)CCCCCCCCC(=O)CCC(NC(=O)NCCCC(=O)O)C(=O)O)C(=O)O)N(CCCCS(=O)(=O)[O-])c2ccccc21.O=C=O. The van der Waals surface area contributed by atoms with Crippen LogP contribution in [-0.4, -0.2) is 148 Å². The van der Waals surface area contributed by atoms with Gasteiger partial charge in [-0.15, -0.1) is 11.8 Å². The maximum absolute atomic E-state index is 14.6. The Morgan fingerprint density at radius 1 is 0.691 bits per heavy atom. The maximum Gasteiger partial charge on any atom is 0.373 e. The smallest absolute Gasteiger partial charge is 0.373 e. The Bertz CT molecular complexity index is 3680. The first-order valence-electron chi connectivity index (χ1n) is 33.0. The number of hydrogen-bond donors (Lipinski definition) is 7. The number of ketones is 2. The number of allylic oxidation sites excluding steroid dienone is 7. The molecule has 0 spiro atoms. The molecule has 3 aromatic carbocycles. The number of thioether (sulfide) groups is 1. The quantitative estimate of drug-likeness (QED) is 0.0158. The first kappa shape index (κ1) is 79.8. The first-order valence-corrected chi connectivity index (χ1v) is 37.2. The van der Waals surface area contributed by atoms with Crippen LogP contribution < -0.4 is 20.9 Å². The van der Waals surface area contributed by atoms with Crippen molar-refractivity contribution in [2.24, 2.45) is 5.92 Å². The number of hydrogen-bond acceptors (Lipinski definition) is 16. The van der Waals surface area contributed by atoms with Gasteiger partial charge in [-0.25, -0.2) is 18.0 Å². The number of carbonyl (C=O) groups excluding carboxylic acids is 6. The average Bonchev–Trinajstić information content (AvgIpc) is 1.61. The third-order valence-electron chi connectivity index (χ3n) is 17.5. The number of amides is 3. The molecule has 3 aliphatic rings. The second-order valence-electron chi connectivity index (χ2n) is 25.6. The van der Waals surface area contributed by atoms with E-state index in [9.17, 15) is 69.7 Å². The number of fused-ring (bicyclic) bond motifs is 2. The number of para-hydroxylation sites is 2. The molecule has 26 heteroatoms. The molecule has 0 bridgehead atoms. The summed E-state index contributed by atoms with van der Waals surface area (Å²) in [6.45, 7) is 9.53. The molecule has 0 saturated carbocycles. The van der Waals surface area contributed by atoms with Gasteiger partial charge in [0.1, 0.15) is 18.4 Å². The van der Waals surface area contributed by atoms with E-state index >= 15 is 0 Å². The number of rotatable bonds is 41. The summed E-state index contributed by atoms with van der Waals surface area (Å²) in [4.78, 5) is 108. The minimum atomic E-state index is -4.40. The molecule has 0 aromatic heterocycles. The van der Waals surface area contributed by atoms with Gasteiger partial charge in [-0.3, -0.25) is 28.5 Å². The summed E-state index contributed by atoms with van der Waals surface area (Å²) in [7, 11) is -8.55. The molecule has 2 heterocycles. The number of nitrogens with zero attached hydrogens (tertiary/aromatic N) is 2. The van der Waals surface area contributed by atoms with Crippen LogP contribution in [0.4, 0.5) is 16.2 Å². The van der Waals surface area contributed by atoms with Crippen LogP contribution in [0.5, 0.6) is 0 Å². The lowest BCUT2D eigenvalue weighted by Gasteiger charge is -2.28. The van der Waals surface area contributed by atoms with E-state index in [4.69, 9.17) is 14.7 Å². The number of nitrogens with one attached hydrogen (secondary N) is 3. The highest BCUT2D eigenvalue weighted by atomic mass is 32.2. The lowest BCUT2D eigenvalue weighted by molar-refractivity contribution is -0.438. The molecule has 97 heavy (non-hydrogen) atoms. The molecule has 0 radical (unpaired) electrons. The van der Waals surface area contributed by atoms with Gasteiger partial charge in [0.15, 0.2) is 11.5 Å². The maximum atomic E-state index is 14.6. The van der Waals surface area contributed by atoms with Gasteiger partial charge in [-0.05, 0) is 119 Å². The normalized spacial score (nSPS) is 16.6. The van der Waals surface area contributed by atoms with Crippen molar-refractivity contribution in [2.75, 3.05) is 41.8 Å². The lowest BCUT2D eigenvalue weighted by atomic mass is 9.81. The Hall–Kier alpha value is -7.87. The zero-order chi connectivity index (χ0) is 71.3. The zero-order valence-electron chi connectivity index (χ0n) is 55.8. The van der Waals surface area contributed by atoms with Crippen molar-refractivity contribution in [1.82, 2.24) is 16.0 Å². The lowest BCUT2D eigenvalue weighted by Crippen LogP contribution is -2.46. The van der Waals surface area contributed by atoms with Crippen molar-refractivity contribution in [3.8, 4) is 0 Å². The molecule has 3 amide bonds. The standard InChI is InChI=1S/C70H93N5O16S3.CO2/c1-69(2)54-29-14-16-31-58(54)74(42-18-20-44-93(86,87)88)61(69)39-35-50-26-22-27-51(36-40-62-70(3,4)55-30-15-17-32-59(55)75(62)43-19-21-45-94(89,90)91)65(50)92-48-52(66(81)82)47-60(77)57(46-49-24-10-9-11-25-49)72-63(78)33-13-8-6-5-7-12-28-53(76)37-38-56(67(83)84)73-68(85)71-41-23-34-64(79)80;2-1-3/h9-11,14-17,24-25,29-32,35-36,39-40,52,56-57H,5-8,12-13,18-23,26-28,33-34,37-38,41-48H2,1-4H3,(H7-,71,72,73,78,79,80,81,82,83,84,85,86,87,88,89,90,91);/t52-,56?,57+;/m1./s1. The van der Waals surface area contributed by atoms with Gasteiger partial charge in [0, 0.05) is 103 Å². The number of aliphatic carboxylic acids is 3. The molecule has 6 rings (SSSR count). The number of anilines is 1. The Kier molecular flexibility index (Phi) is 32.0. The molecule has 1 unspecified atom stereocenters. The molecule has 3 atom stereocenters. The molecule has 3 aromatic rings. The van der Waals surface area contributed by atoms with E-state index in [2.05, 4.69) is 89.6 Å². The van der Waals surface area contributed by atoms with Crippen LogP contribution in [0.1, 0.15) is 173 Å². The molecular weight excluding hydrogens is 1310 g/mol. The Morgan fingerprint density at radius 3 is 1.99 bits per heavy atom. The van der Waals surface area contributed by atoms with Gasteiger partial charge >= 0.3 is 30.1 Å². The second kappa shape index (κ2) is 38.9. The summed E-state index contributed by atoms with van der Waals surface area (Å²) >= 11 is 1.38. The number of carbonyl (C=O) groups is 7. The van der Waals surface area contributed by atoms with E-state index in [1.54, 1.807) is 0 Å².